The fourth-order valence-corrected chi connectivity index (χ4v) is 3.12. The summed E-state index contributed by atoms with van der Waals surface area (Å²) < 4.78 is 13.6. The van der Waals surface area contributed by atoms with E-state index in [1.165, 1.54) is 0 Å². The summed E-state index contributed by atoms with van der Waals surface area (Å²) in [5.41, 5.74) is -0.143. The predicted octanol–water partition coefficient (Wildman–Crippen LogP) is 1.62. The molecule has 1 N–H and O–H groups in total. The lowest BCUT2D eigenvalue weighted by molar-refractivity contribution is -0.109. The van der Waals surface area contributed by atoms with E-state index < -0.39 is 0 Å². The van der Waals surface area contributed by atoms with Crippen molar-refractivity contribution in [1.82, 2.24) is 14.9 Å². The van der Waals surface area contributed by atoms with E-state index in [2.05, 4.69) is 28.0 Å². The first kappa shape index (κ1) is 15.5. The van der Waals surface area contributed by atoms with Gasteiger partial charge in [0, 0.05) is 64.6 Å². The van der Waals surface area contributed by atoms with E-state index in [0.717, 1.165) is 51.3 Å². The number of hydrogen-bond acceptors (Lipinski definition) is 4. The van der Waals surface area contributed by atoms with E-state index in [1.807, 2.05) is 20.4 Å². The first-order chi connectivity index (χ1) is 9.75. The quantitative estimate of drug-likeness (QED) is 0.825. The Labute approximate surface area is 121 Å². The van der Waals surface area contributed by atoms with Gasteiger partial charge in [0.2, 0.25) is 0 Å². The van der Waals surface area contributed by atoms with Crippen molar-refractivity contribution in [2.24, 2.45) is 0 Å². The molecule has 20 heavy (non-hydrogen) atoms. The van der Waals surface area contributed by atoms with Crippen molar-refractivity contribution in [2.45, 2.75) is 50.8 Å². The fraction of sp³-hybridized carbons (Fsp3) is 0.800. The van der Waals surface area contributed by atoms with Crippen molar-refractivity contribution in [1.29, 1.82) is 0 Å². The average molecular weight is 281 g/mol. The molecule has 1 aromatic heterocycles. The zero-order chi connectivity index (χ0) is 14.4. The highest BCUT2D eigenvalue weighted by molar-refractivity contribution is 5.03. The van der Waals surface area contributed by atoms with Crippen LogP contribution >= 0.6 is 0 Å². The highest BCUT2D eigenvalue weighted by atomic mass is 16.5. The minimum atomic E-state index is -0.143. The third kappa shape index (κ3) is 3.22. The Morgan fingerprint density at radius 1 is 1.50 bits per heavy atom. The number of rotatable bonds is 7. The lowest BCUT2D eigenvalue weighted by Crippen LogP contribution is -2.55. The van der Waals surface area contributed by atoms with E-state index in [1.54, 1.807) is 0 Å². The summed E-state index contributed by atoms with van der Waals surface area (Å²) >= 11 is 0. The Morgan fingerprint density at radius 2 is 2.25 bits per heavy atom. The molecule has 5 heteroatoms. The maximum atomic E-state index is 5.90. The molecule has 1 fully saturated rings. The number of hydrogen-bond donors (Lipinski definition) is 1. The van der Waals surface area contributed by atoms with Gasteiger partial charge in [-0.3, -0.25) is 0 Å². The molecular formula is C15H27N3O2. The van der Waals surface area contributed by atoms with Gasteiger partial charge in [0.25, 0.3) is 0 Å². The van der Waals surface area contributed by atoms with Crippen LogP contribution in [0.1, 0.15) is 32.0 Å². The highest BCUT2D eigenvalue weighted by Gasteiger charge is 2.40. The summed E-state index contributed by atoms with van der Waals surface area (Å²) in [6.45, 7) is 4.76. The molecule has 0 bridgehead atoms. The first-order valence-corrected chi connectivity index (χ1v) is 7.56. The second-order valence-electron chi connectivity index (χ2n) is 5.46. The number of aromatic nitrogens is 2. The second-order valence-corrected chi connectivity index (χ2v) is 5.46. The number of likely N-dealkylation sites (N-methyl/N-ethyl adjacent to an activating group) is 1. The molecule has 0 spiro atoms. The smallest absolute Gasteiger partial charge is 0.110 e. The summed E-state index contributed by atoms with van der Waals surface area (Å²) in [5.74, 6) is 1.13. The molecule has 1 unspecified atom stereocenters. The van der Waals surface area contributed by atoms with Crippen molar-refractivity contribution in [3.8, 4) is 0 Å². The molecule has 2 heterocycles. The van der Waals surface area contributed by atoms with E-state index in [0.29, 0.717) is 0 Å². The maximum absolute atomic E-state index is 5.90. The number of aryl methyl sites for hydroxylation is 1. The molecule has 0 aliphatic carbocycles. The maximum Gasteiger partial charge on any atom is 0.110 e. The third-order valence-electron chi connectivity index (χ3n) is 4.38. The molecule has 1 aliphatic rings. The molecule has 0 saturated carbocycles. The van der Waals surface area contributed by atoms with Crippen LogP contribution in [0.4, 0.5) is 0 Å². The van der Waals surface area contributed by atoms with Gasteiger partial charge in [-0.15, -0.1) is 0 Å². The lowest BCUT2D eigenvalue weighted by Gasteiger charge is -2.42. The lowest BCUT2D eigenvalue weighted by atomic mass is 9.84. The van der Waals surface area contributed by atoms with Gasteiger partial charge in [-0.25, -0.2) is 4.98 Å². The Kier molecular flexibility index (Phi) is 5.57. The molecule has 114 valence electrons. The fourth-order valence-electron chi connectivity index (χ4n) is 3.12. The van der Waals surface area contributed by atoms with Crippen LogP contribution in [0, 0.1) is 0 Å². The predicted molar refractivity (Wildman–Crippen MR) is 78.9 cm³/mol. The summed E-state index contributed by atoms with van der Waals surface area (Å²) in [6.07, 6.45) is 7.83. The topological polar surface area (TPSA) is 48.3 Å². The molecule has 0 aromatic carbocycles. The Balaban J connectivity index is 2.12. The Morgan fingerprint density at radius 3 is 2.85 bits per heavy atom. The van der Waals surface area contributed by atoms with E-state index >= 15 is 0 Å². The van der Waals surface area contributed by atoms with Crippen molar-refractivity contribution in [2.75, 3.05) is 27.4 Å². The van der Waals surface area contributed by atoms with Crippen LogP contribution in [0.5, 0.6) is 0 Å². The van der Waals surface area contributed by atoms with Gasteiger partial charge in [0.1, 0.15) is 5.82 Å². The first-order valence-electron chi connectivity index (χ1n) is 7.56. The number of methoxy groups -OCH3 is 1. The van der Waals surface area contributed by atoms with Gasteiger partial charge in [-0.2, -0.15) is 0 Å². The molecule has 0 amide bonds. The van der Waals surface area contributed by atoms with Gasteiger partial charge in [-0.05, 0) is 13.5 Å². The van der Waals surface area contributed by atoms with Gasteiger partial charge >= 0.3 is 0 Å². The molecule has 1 saturated heterocycles. The third-order valence-corrected chi connectivity index (χ3v) is 4.38. The Bertz CT molecular complexity index is 400. The molecule has 1 atom stereocenters. The van der Waals surface area contributed by atoms with Gasteiger partial charge in [-0.1, -0.05) is 6.92 Å². The van der Waals surface area contributed by atoms with Crippen molar-refractivity contribution in [3.05, 3.63) is 18.2 Å². The van der Waals surface area contributed by atoms with Crippen LogP contribution in [0.3, 0.4) is 0 Å². The molecular weight excluding hydrogens is 254 g/mol. The number of imidazole rings is 1. The summed E-state index contributed by atoms with van der Waals surface area (Å²) in [6, 6.07) is 0.259. The van der Waals surface area contributed by atoms with Gasteiger partial charge in [0.15, 0.2) is 0 Å². The molecule has 5 nitrogen and oxygen atoms in total. The minimum Gasteiger partial charge on any atom is -0.381 e. The number of nitrogens with one attached hydrogen (secondary N) is 1. The standard InChI is InChI=1S/C15H27N3O2/c1-4-8-18-9-7-17-14(18)12-13(16-2)15(19-3)5-10-20-11-6-15/h7,9,13,16H,4-6,8,10-12H2,1-3H3. The van der Waals surface area contributed by atoms with Crippen LogP contribution in [-0.4, -0.2) is 48.6 Å². The highest BCUT2D eigenvalue weighted by Crippen LogP contribution is 2.29. The average Bonchev–Trinajstić information content (AvgIpc) is 2.93. The molecule has 1 aliphatic heterocycles. The monoisotopic (exact) mass is 281 g/mol. The van der Waals surface area contributed by atoms with Crippen molar-refractivity contribution in [3.63, 3.8) is 0 Å². The summed E-state index contributed by atoms with van der Waals surface area (Å²) in [4.78, 5) is 4.52. The zero-order valence-electron chi connectivity index (χ0n) is 12.9. The summed E-state index contributed by atoms with van der Waals surface area (Å²) in [7, 11) is 3.82. The van der Waals surface area contributed by atoms with Gasteiger partial charge < -0.3 is 19.4 Å². The van der Waals surface area contributed by atoms with Crippen LogP contribution in [0.25, 0.3) is 0 Å². The van der Waals surface area contributed by atoms with E-state index in [-0.39, 0.29) is 11.6 Å². The molecule has 0 radical (unpaired) electrons. The van der Waals surface area contributed by atoms with E-state index in [9.17, 15) is 0 Å². The normalized spacial score (nSPS) is 19.9. The van der Waals surface area contributed by atoms with Gasteiger partial charge in [0.05, 0.1) is 5.60 Å². The number of ether oxygens (including phenoxy) is 2. The largest absolute Gasteiger partial charge is 0.381 e. The number of nitrogens with zero attached hydrogens (tertiary/aromatic N) is 2. The van der Waals surface area contributed by atoms with Crippen LogP contribution in [0.2, 0.25) is 0 Å². The van der Waals surface area contributed by atoms with Crippen LogP contribution < -0.4 is 5.32 Å². The van der Waals surface area contributed by atoms with Crippen LogP contribution in [-0.2, 0) is 22.4 Å². The van der Waals surface area contributed by atoms with Crippen molar-refractivity contribution >= 4 is 0 Å². The molecule has 1 aromatic rings. The SMILES string of the molecule is CCCn1ccnc1CC(NC)C1(OC)CCOCC1. The van der Waals surface area contributed by atoms with Crippen LogP contribution in [0.15, 0.2) is 12.4 Å². The van der Waals surface area contributed by atoms with E-state index in [4.69, 9.17) is 9.47 Å². The zero-order valence-corrected chi connectivity index (χ0v) is 12.9. The minimum absolute atomic E-state index is 0.143. The van der Waals surface area contributed by atoms with Crippen molar-refractivity contribution < 1.29 is 9.47 Å². The molecule has 2 rings (SSSR count). The Hall–Kier alpha value is -0.910. The second kappa shape index (κ2) is 7.20. The summed E-state index contributed by atoms with van der Waals surface area (Å²) in [5, 5.41) is 3.44.